The van der Waals surface area contributed by atoms with Crippen molar-refractivity contribution >= 4 is 17.5 Å². The van der Waals surface area contributed by atoms with Gasteiger partial charge in [-0.2, -0.15) is 5.10 Å². The third-order valence-electron chi connectivity index (χ3n) is 4.13. The molecule has 3 rings (SSSR count). The van der Waals surface area contributed by atoms with Gasteiger partial charge in [0.1, 0.15) is 12.4 Å². The number of carbonyl (C=O) groups excluding carboxylic acids is 2. The van der Waals surface area contributed by atoms with Crippen molar-refractivity contribution in [3.8, 4) is 0 Å². The summed E-state index contributed by atoms with van der Waals surface area (Å²) >= 11 is 0. The van der Waals surface area contributed by atoms with Crippen LogP contribution in [0, 0.1) is 13.8 Å². The predicted molar refractivity (Wildman–Crippen MR) is 89.6 cm³/mol. The maximum atomic E-state index is 12.4. The van der Waals surface area contributed by atoms with Crippen LogP contribution in [0.4, 0.5) is 5.69 Å². The first-order chi connectivity index (χ1) is 11.5. The van der Waals surface area contributed by atoms with Gasteiger partial charge in [0.15, 0.2) is 5.82 Å². The minimum atomic E-state index is -0.0489. The molecule has 0 saturated carbocycles. The molecule has 7 heteroatoms. The number of carbonyl (C=O) groups is 2. The summed E-state index contributed by atoms with van der Waals surface area (Å²) in [5.74, 6) is 1.28. The van der Waals surface area contributed by atoms with Crippen LogP contribution in [0.15, 0.2) is 24.3 Å². The van der Waals surface area contributed by atoms with E-state index in [1.54, 1.807) is 9.80 Å². The van der Waals surface area contributed by atoms with Crippen molar-refractivity contribution in [2.75, 3.05) is 24.5 Å². The average molecular weight is 327 g/mol. The summed E-state index contributed by atoms with van der Waals surface area (Å²) in [5, 5.41) is 6.78. The number of piperazine rings is 1. The number of nitrogens with zero attached hydrogens (tertiary/aromatic N) is 4. The monoisotopic (exact) mass is 327 g/mol. The molecule has 2 heterocycles. The number of H-pyrrole nitrogens is 1. The molecule has 0 radical (unpaired) electrons. The lowest BCUT2D eigenvalue weighted by Crippen LogP contribution is -2.52. The molecule has 24 heavy (non-hydrogen) atoms. The zero-order valence-corrected chi connectivity index (χ0v) is 14.0. The molecule has 0 atom stereocenters. The number of aromatic amines is 1. The highest BCUT2D eigenvalue weighted by Crippen LogP contribution is 2.18. The van der Waals surface area contributed by atoms with Gasteiger partial charge in [-0.25, -0.2) is 4.98 Å². The fourth-order valence-corrected chi connectivity index (χ4v) is 2.76. The number of nitrogens with one attached hydrogen (secondary N) is 1. The number of hydrogen-bond acceptors (Lipinski definition) is 4. The van der Waals surface area contributed by atoms with E-state index in [1.165, 1.54) is 0 Å². The molecule has 0 aliphatic carbocycles. The standard InChI is InChI=1S/C17H21N5O2/c1-12-3-5-14(6-4-12)22-10-9-21(11-17(22)24)16(23)8-7-15-18-13(2)19-20-15/h3-6H,7-11H2,1-2H3,(H,18,19,20). The molecule has 1 N–H and O–H groups in total. The number of amides is 2. The fraction of sp³-hybridized carbons (Fsp3) is 0.412. The van der Waals surface area contributed by atoms with E-state index < -0.39 is 0 Å². The highest BCUT2D eigenvalue weighted by molar-refractivity contribution is 5.97. The number of rotatable bonds is 4. The minimum Gasteiger partial charge on any atom is -0.332 e. The molecule has 0 unspecified atom stereocenters. The predicted octanol–water partition coefficient (Wildman–Crippen LogP) is 1.23. The summed E-state index contributed by atoms with van der Waals surface area (Å²) in [4.78, 5) is 32.2. The second kappa shape index (κ2) is 6.82. The molecule has 2 amide bonds. The van der Waals surface area contributed by atoms with Crippen molar-refractivity contribution in [3.05, 3.63) is 41.5 Å². The molecular weight excluding hydrogens is 306 g/mol. The van der Waals surface area contributed by atoms with Crippen LogP contribution in [0.1, 0.15) is 23.6 Å². The van der Waals surface area contributed by atoms with Crippen LogP contribution in [0.25, 0.3) is 0 Å². The second-order valence-electron chi connectivity index (χ2n) is 6.03. The lowest BCUT2D eigenvalue weighted by atomic mass is 10.2. The molecule has 1 aliphatic rings. The van der Waals surface area contributed by atoms with E-state index in [4.69, 9.17) is 0 Å². The van der Waals surface area contributed by atoms with Crippen LogP contribution in [0.3, 0.4) is 0 Å². The number of aryl methyl sites for hydroxylation is 3. The topological polar surface area (TPSA) is 82.2 Å². The summed E-state index contributed by atoms with van der Waals surface area (Å²) in [6, 6.07) is 7.85. The van der Waals surface area contributed by atoms with Gasteiger partial charge >= 0.3 is 0 Å². The Morgan fingerprint density at radius 2 is 1.96 bits per heavy atom. The van der Waals surface area contributed by atoms with Gasteiger partial charge < -0.3 is 9.80 Å². The number of anilines is 1. The van der Waals surface area contributed by atoms with Gasteiger partial charge in [0.2, 0.25) is 11.8 Å². The lowest BCUT2D eigenvalue weighted by Gasteiger charge is -2.34. The largest absolute Gasteiger partial charge is 0.332 e. The first kappa shape index (κ1) is 16.2. The fourth-order valence-electron chi connectivity index (χ4n) is 2.76. The van der Waals surface area contributed by atoms with Gasteiger partial charge in [0.05, 0.1) is 0 Å². The Morgan fingerprint density at radius 1 is 1.21 bits per heavy atom. The molecule has 2 aromatic rings. The third-order valence-corrected chi connectivity index (χ3v) is 4.13. The van der Waals surface area contributed by atoms with Gasteiger partial charge in [0, 0.05) is 31.6 Å². The zero-order valence-electron chi connectivity index (χ0n) is 14.0. The Hall–Kier alpha value is -2.70. The van der Waals surface area contributed by atoms with Crippen molar-refractivity contribution in [3.63, 3.8) is 0 Å². The molecule has 1 aromatic heterocycles. The van der Waals surface area contributed by atoms with E-state index in [-0.39, 0.29) is 18.4 Å². The maximum Gasteiger partial charge on any atom is 0.246 e. The van der Waals surface area contributed by atoms with Crippen LogP contribution in [-0.2, 0) is 16.0 Å². The van der Waals surface area contributed by atoms with Gasteiger partial charge in [-0.3, -0.25) is 14.7 Å². The summed E-state index contributed by atoms with van der Waals surface area (Å²) in [6.07, 6.45) is 0.796. The number of benzene rings is 1. The molecule has 1 saturated heterocycles. The van der Waals surface area contributed by atoms with Crippen LogP contribution >= 0.6 is 0 Å². The molecule has 7 nitrogen and oxygen atoms in total. The van der Waals surface area contributed by atoms with E-state index in [9.17, 15) is 9.59 Å². The number of aromatic nitrogens is 3. The average Bonchev–Trinajstić information content (AvgIpc) is 2.99. The molecule has 0 bridgehead atoms. The molecule has 0 spiro atoms. The quantitative estimate of drug-likeness (QED) is 0.915. The zero-order chi connectivity index (χ0) is 17.1. The SMILES string of the molecule is Cc1ccc(N2CCN(C(=O)CCc3n[nH]c(C)n3)CC2=O)cc1. The van der Waals surface area contributed by atoms with Gasteiger partial charge in [-0.15, -0.1) is 0 Å². The van der Waals surface area contributed by atoms with Crippen LogP contribution in [-0.4, -0.2) is 51.5 Å². The van der Waals surface area contributed by atoms with Gasteiger partial charge in [-0.05, 0) is 26.0 Å². The molecule has 126 valence electrons. The Labute approximate surface area is 140 Å². The summed E-state index contributed by atoms with van der Waals surface area (Å²) in [5.41, 5.74) is 2.04. The molecule has 1 fully saturated rings. The first-order valence-corrected chi connectivity index (χ1v) is 8.05. The highest BCUT2D eigenvalue weighted by Gasteiger charge is 2.27. The van der Waals surface area contributed by atoms with E-state index in [0.717, 1.165) is 17.1 Å². The van der Waals surface area contributed by atoms with Gasteiger partial charge in [0.25, 0.3) is 0 Å². The summed E-state index contributed by atoms with van der Waals surface area (Å²) < 4.78 is 0. The Kier molecular flexibility index (Phi) is 4.59. The highest BCUT2D eigenvalue weighted by atomic mass is 16.2. The lowest BCUT2D eigenvalue weighted by molar-refractivity contribution is -0.136. The van der Waals surface area contributed by atoms with Crippen molar-refractivity contribution < 1.29 is 9.59 Å². The Bertz CT molecular complexity index is 738. The van der Waals surface area contributed by atoms with Crippen LogP contribution in [0.2, 0.25) is 0 Å². The van der Waals surface area contributed by atoms with E-state index in [0.29, 0.717) is 31.8 Å². The van der Waals surface area contributed by atoms with E-state index >= 15 is 0 Å². The van der Waals surface area contributed by atoms with Crippen LogP contribution in [0.5, 0.6) is 0 Å². The molecular formula is C17H21N5O2. The number of hydrogen-bond donors (Lipinski definition) is 1. The van der Waals surface area contributed by atoms with E-state index in [2.05, 4.69) is 15.2 Å². The van der Waals surface area contributed by atoms with Crippen LogP contribution < -0.4 is 4.90 Å². The van der Waals surface area contributed by atoms with E-state index in [1.807, 2.05) is 38.1 Å². The van der Waals surface area contributed by atoms with Crippen molar-refractivity contribution in [2.24, 2.45) is 0 Å². The third kappa shape index (κ3) is 3.61. The van der Waals surface area contributed by atoms with Crippen molar-refractivity contribution in [1.29, 1.82) is 0 Å². The Balaban J connectivity index is 1.55. The summed E-state index contributed by atoms with van der Waals surface area (Å²) in [6.45, 7) is 5.03. The van der Waals surface area contributed by atoms with Gasteiger partial charge in [-0.1, -0.05) is 17.7 Å². The molecule has 1 aromatic carbocycles. The summed E-state index contributed by atoms with van der Waals surface area (Å²) in [7, 11) is 0. The smallest absolute Gasteiger partial charge is 0.246 e. The first-order valence-electron chi connectivity index (χ1n) is 8.05. The Morgan fingerprint density at radius 3 is 2.58 bits per heavy atom. The molecule has 1 aliphatic heterocycles. The normalized spacial score (nSPS) is 15.0. The minimum absolute atomic E-state index is 0.0330. The maximum absolute atomic E-state index is 12.4. The second-order valence-corrected chi connectivity index (χ2v) is 6.03. The van der Waals surface area contributed by atoms with Crippen molar-refractivity contribution in [2.45, 2.75) is 26.7 Å². The van der Waals surface area contributed by atoms with Crippen molar-refractivity contribution in [1.82, 2.24) is 20.1 Å².